The van der Waals surface area contributed by atoms with Crippen LogP contribution in [0.4, 0.5) is 5.69 Å². The van der Waals surface area contributed by atoms with Gasteiger partial charge in [0.05, 0.1) is 19.0 Å². The lowest BCUT2D eigenvalue weighted by Gasteiger charge is -2.13. The maximum Gasteiger partial charge on any atom is 0.313 e. The summed E-state index contributed by atoms with van der Waals surface area (Å²) in [5, 5.41) is 13.7. The molecule has 1 unspecified atom stereocenters. The molecule has 26 heavy (non-hydrogen) atoms. The molecule has 0 fully saturated rings. The predicted molar refractivity (Wildman–Crippen MR) is 96.6 cm³/mol. The Kier molecular flexibility index (Phi) is 6.68. The van der Waals surface area contributed by atoms with Crippen LogP contribution in [0.3, 0.4) is 0 Å². The van der Waals surface area contributed by atoms with Crippen LogP contribution in [0.25, 0.3) is 0 Å². The van der Waals surface area contributed by atoms with E-state index in [-0.39, 0.29) is 11.6 Å². The van der Waals surface area contributed by atoms with Crippen LogP contribution >= 0.6 is 0 Å². The van der Waals surface area contributed by atoms with Gasteiger partial charge in [-0.3, -0.25) is 9.59 Å². The minimum absolute atomic E-state index is 0.229. The van der Waals surface area contributed by atoms with Gasteiger partial charge in [0.2, 0.25) is 0 Å². The zero-order chi connectivity index (χ0) is 18.9. The van der Waals surface area contributed by atoms with Crippen molar-refractivity contribution in [2.75, 3.05) is 19.0 Å². The second-order valence-corrected chi connectivity index (χ2v) is 5.72. The molecule has 0 aliphatic rings. The minimum Gasteiger partial charge on any atom is -0.497 e. The summed E-state index contributed by atoms with van der Waals surface area (Å²) < 4.78 is 5.13. The summed E-state index contributed by atoms with van der Waals surface area (Å²) in [6.07, 6.45) is 2.03. The fourth-order valence-electron chi connectivity index (χ4n) is 2.30. The second kappa shape index (κ2) is 9.18. The van der Waals surface area contributed by atoms with E-state index in [0.717, 1.165) is 11.3 Å². The quantitative estimate of drug-likeness (QED) is 0.776. The fraction of sp³-hybridized carbons (Fsp3) is 0.263. The molecule has 0 bridgehead atoms. The van der Waals surface area contributed by atoms with E-state index in [1.807, 2.05) is 30.3 Å². The van der Waals surface area contributed by atoms with Crippen molar-refractivity contribution < 1.29 is 14.3 Å². The Bertz CT molecular complexity index is 795. The van der Waals surface area contributed by atoms with Crippen LogP contribution in [0.15, 0.2) is 42.6 Å². The first-order valence-electron chi connectivity index (χ1n) is 8.12. The Labute approximate surface area is 152 Å². The molecule has 0 spiro atoms. The second-order valence-electron chi connectivity index (χ2n) is 5.72. The number of nitrogens with one attached hydrogen (secondary N) is 2. The number of carbonyl (C=O) groups excluding carboxylic acids is 2. The third-order valence-electron chi connectivity index (χ3n) is 3.89. The molecule has 0 radical (unpaired) electrons. The third-order valence-corrected chi connectivity index (χ3v) is 3.89. The average Bonchev–Trinajstić information content (AvgIpc) is 2.68. The van der Waals surface area contributed by atoms with Gasteiger partial charge in [0.15, 0.2) is 0 Å². The molecule has 7 nitrogen and oxygen atoms in total. The molecule has 1 heterocycles. The number of hydrogen-bond acceptors (Lipinski definition) is 5. The number of nitriles is 1. The molecule has 1 atom stereocenters. The molecule has 2 N–H and O–H groups in total. The lowest BCUT2D eigenvalue weighted by atomic mass is 9.98. The standard InChI is InChI=1S/C19H20N4O3/c1-13(14-3-7-17(26-2)8-4-14)9-10-21-18(24)19(25)23-16-6-5-15(11-20)22-12-16/h3-8,12-13H,9-10H2,1-2H3,(H,21,24)(H,23,25). The largest absolute Gasteiger partial charge is 0.497 e. The van der Waals surface area contributed by atoms with E-state index in [4.69, 9.17) is 10.00 Å². The first-order chi connectivity index (χ1) is 12.5. The summed E-state index contributed by atoms with van der Waals surface area (Å²) >= 11 is 0. The van der Waals surface area contributed by atoms with Gasteiger partial charge < -0.3 is 15.4 Å². The summed E-state index contributed by atoms with van der Waals surface area (Å²) in [4.78, 5) is 27.5. The number of amides is 2. The smallest absolute Gasteiger partial charge is 0.313 e. The van der Waals surface area contributed by atoms with Crippen molar-refractivity contribution in [1.29, 1.82) is 5.26 Å². The summed E-state index contributed by atoms with van der Waals surface area (Å²) in [6.45, 7) is 2.43. The fourth-order valence-corrected chi connectivity index (χ4v) is 2.30. The van der Waals surface area contributed by atoms with Gasteiger partial charge in [-0.2, -0.15) is 5.26 Å². The van der Waals surface area contributed by atoms with Crippen molar-refractivity contribution in [3.05, 3.63) is 53.9 Å². The lowest BCUT2D eigenvalue weighted by molar-refractivity contribution is -0.136. The monoisotopic (exact) mass is 352 g/mol. The van der Waals surface area contributed by atoms with Gasteiger partial charge in [-0.25, -0.2) is 4.98 Å². The Morgan fingerprint density at radius 3 is 2.50 bits per heavy atom. The van der Waals surface area contributed by atoms with Gasteiger partial charge in [0.1, 0.15) is 17.5 Å². The highest BCUT2D eigenvalue weighted by Crippen LogP contribution is 2.21. The SMILES string of the molecule is COc1ccc(C(C)CCNC(=O)C(=O)Nc2ccc(C#N)nc2)cc1. The number of rotatable bonds is 6. The van der Waals surface area contributed by atoms with Gasteiger partial charge >= 0.3 is 11.8 Å². The highest BCUT2D eigenvalue weighted by molar-refractivity contribution is 6.39. The van der Waals surface area contributed by atoms with Gasteiger partial charge in [-0.15, -0.1) is 0 Å². The van der Waals surface area contributed by atoms with Crippen molar-refractivity contribution in [1.82, 2.24) is 10.3 Å². The van der Waals surface area contributed by atoms with E-state index in [2.05, 4.69) is 22.5 Å². The third kappa shape index (κ3) is 5.31. The Hall–Kier alpha value is -3.40. The molecule has 7 heteroatoms. The van der Waals surface area contributed by atoms with Gasteiger partial charge in [0.25, 0.3) is 0 Å². The maximum absolute atomic E-state index is 11.9. The van der Waals surface area contributed by atoms with E-state index in [1.165, 1.54) is 18.3 Å². The van der Waals surface area contributed by atoms with Crippen LogP contribution in [0.1, 0.15) is 30.5 Å². The van der Waals surface area contributed by atoms with E-state index in [9.17, 15) is 9.59 Å². The molecule has 1 aromatic heterocycles. The number of hydrogen-bond donors (Lipinski definition) is 2. The Morgan fingerprint density at radius 1 is 1.19 bits per heavy atom. The van der Waals surface area contributed by atoms with Crippen molar-refractivity contribution in [2.24, 2.45) is 0 Å². The van der Waals surface area contributed by atoms with Crippen LogP contribution in [0.5, 0.6) is 5.75 Å². The lowest BCUT2D eigenvalue weighted by Crippen LogP contribution is -2.36. The molecule has 2 rings (SSSR count). The first kappa shape index (κ1) is 18.9. The van der Waals surface area contributed by atoms with Crippen LogP contribution < -0.4 is 15.4 Å². The van der Waals surface area contributed by atoms with Gasteiger partial charge in [-0.1, -0.05) is 19.1 Å². The number of ether oxygens (including phenoxy) is 1. The molecule has 2 amide bonds. The normalized spacial score (nSPS) is 11.1. The van der Waals surface area contributed by atoms with Crippen molar-refractivity contribution >= 4 is 17.5 Å². The average molecular weight is 352 g/mol. The Balaban J connectivity index is 1.77. The van der Waals surface area contributed by atoms with Crippen molar-refractivity contribution in [3.8, 4) is 11.8 Å². The van der Waals surface area contributed by atoms with Crippen molar-refractivity contribution in [3.63, 3.8) is 0 Å². The Morgan fingerprint density at radius 2 is 1.92 bits per heavy atom. The van der Waals surface area contributed by atoms with E-state index >= 15 is 0 Å². The van der Waals surface area contributed by atoms with Crippen LogP contribution in [-0.4, -0.2) is 30.5 Å². The molecule has 1 aromatic carbocycles. The number of anilines is 1. The molecule has 0 aliphatic carbocycles. The number of pyridine rings is 1. The topological polar surface area (TPSA) is 104 Å². The molecule has 0 aliphatic heterocycles. The van der Waals surface area contributed by atoms with Crippen LogP contribution in [-0.2, 0) is 9.59 Å². The first-order valence-corrected chi connectivity index (χ1v) is 8.12. The predicted octanol–water partition coefficient (Wildman–Crippen LogP) is 2.21. The number of carbonyl (C=O) groups is 2. The molecular formula is C19H20N4O3. The number of aromatic nitrogens is 1. The zero-order valence-corrected chi connectivity index (χ0v) is 14.7. The van der Waals surface area contributed by atoms with E-state index in [0.29, 0.717) is 18.7 Å². The van der Waals surface area contributed by atoms with Crippen LogP contribution in [0, 0.1) is 11.3 Å². The molecular weight excluding hydrogens is 332 g/mol. The maximum atomic E-state index is 11.9. The molecule has 0 saturated heterocycles. The molecule has 0 saturated carbocycles. The van der Waals surface area contributed by atoms with Gasteiger partial charge in [-0.05, 0) is 42.2 Å². The molecule has 134 valence electrons. The summed E-state index contributed by atoms with van der Waals surface area (Å²) in [6, 6.07) is 12.6. The van der Waals surface area contributed by atoms with Crippen molar-refractivity contribution in [2.45, 2.75) is 19.3 Å². The minimum atomic E-state index is -0.770. The highest BCUT2D eigenvalue weighted by atomic mass is 16.5. The highest BCUT2D eigenvalue weighted by Gasteiger charge is 2.14. The number of benzene rings is 1. The van der Waals surface area contributed by atoms with E-state index in [1.54, 1.807) is 7.11 Å². The summed E-state index contributed by atoms with van der Waals surface area (Å²) in [5.74, 6) is -0.458. The number of methoxy groups -OCH3 is 1. The summed E-state index contributed by atoms with van der Waals surface area (Å²) in [7, 11) is 1.62. The number of nitrogens with zero attached hydrogens (tertiary/aromatic N) is 2. The van der Waals surface area contributed by atoms with E-state index < -0.39 is 11.8 Å². The summed E-state index contributed by atoms with van der Waals surface area (Å²) in [5.41, 5.74) is 1.73. The van der Waals surface area contributed by atoms with Gasteiger partial charge in [0, 0.05) is 6.54 Å². The van der Waals surface area contributed by atoms with Crippen LogP contribution in [0.2, 0.25) is 0 Å². The zero-order valence-electron chi connectivity index (χ0n) is 14.7. The molecule has 2 aromatic rings.